The molecule has 0 aliphatic carbocycles. The monoisotopic (exact) mass is 492 g/mol. The first-order valence-corrected chi connectivity index (χ1v) is 14.7. The van der Waals surface area contributed by atoms with Gasteiger partial charge in [0.1, 0.15) is 18.0 Å². The van der Waals surface area contributed by atoms with Crippen LogP contribution in [0.15, 0.2) is 42.2 Å². The molecule has 0 saturated heterocycles. The summed E-state index contributed by atoms with van der Waals surface area (Å²) in [6, 6.07) is 8.64. The third kappa shape index (κ3) is 7.76. The van der Waals surface area contributed by atoms with Crippen molar-refractivity contribution in [2.75, 3.05) is 13.2 Å². The van der Waals surface area contributed by atoms with Crippen molar-refractivity contribution in [2.45, 2.75) is 84.4 Å². The minimum atomic E-state index is -2.09. The standard InChI is InChI=1S/C26H40O7Si/c1-25(2,3)24(29)30-15-14-19-16-21(33-23(28)18-12-10-9-11-13-18)22(32-19)20(27)17-31-34(7,8)26(4,5)6/h9-13,16,19-20,22,27H,14-15,17H2,1-8H3/t19-,20+,22-/m0/s1. The second-order valence-corrected chi connectivity index (χ2v) is 16.0. The molecule has 1 heterocycles. The molecular weight excluding hydrogens is 452 g/mol. The van der Waals surface area contributed by atoms with Gasteiger partial charge in [0, 0.05) is 6.42 Å². The topological polar surface area (TPSA) is 91.3 Å². The Labute approximate surface area is 204 Å². The van der Waals surface area contributed by atoms with E-state index in [1.165, 1.54) is 0 Å². The van der Waals surface area contributed by atoms with Gasteiger partial charge in [-0.05, 0) is 57.1 Å². The number of rotatable bonds is 9. The molecule has 8 heteroatoms. The molecule has 1 aromatic carbocycles. The second kappa shape index (κ2) is 11.2. The van der Waals surface area contributed by atoms with Crippen molar-refractivity contribution in [3.63, 3.8) is 0 Å². The van der Waals surface area contributed by atoms with E-state index in [9.17, 15) is 14.7 Å². The summed E-state index contributed by atoms with van der Waals surface area (Å²) in [7, 11) is -2.09. The van der Waals surface area contributed by atoms with Gasteiger partial charge in [-0.1, -0.05) is 39.0 Å². The molecule has 1 aromatic rings. The van der Waals surface area contributed by atoms with Crippen LogP contribution in [0.25, 0.3) is 0 Å². The molecular formula is C26H40O7Si. The van der Waals surface area contributed by atoms with Crippen LogP contribution < -0.4 is 0 Å². The maximum Gasteiger partial charge on any atom is 0.343 e. The Kier molecular flexibility index (Phi) is 9.27. The van der Waals surface area contributed by atoms with Crippen molar-refractivity contribution in [1.29, 1.82) is 0 Å². The Morgan fingerprint density at radius 3 is 2.26 bits per heavy atom. The molecule has 0 fully saturated rings. The normalized spacial score (nSPS) is 20.0. The Bertz CT molecular complexity index is 865. The van der Waals surface area contributed by atoms with Crippen LogP contribution in [0.4, 0.5) is 0 Å². The van der Waals surface area contributed by atoms with E-state index in [1.54, 1.807) is 51.1 Å². The van der Waals surface area contributed by atoms with E-state index in [4.69, 9.17) is 18.6 Å². The van der Waals surface area contributed by atoms with Gasteiger partial charge in [-0.15, -0.1) is 0 Å². The van der Waals surface area contributed by atoms with Gasteiger partial charge in [0.25, 0.3) is 0 Å². The molecule has 1 aliphatic heterocycles. The molecule has 2 rings (SSSR count). The molecule has 0 radical (unpaired) electrons. The van der Waals surface area contributed by atoms with Gasteiger partial charge in [-0.25, -0.2) is 4.79 Å². The molecule has 0 aromatic heterocycles. The van der Waals surface area contributed by atoms with E-state index in [-0.39, 0.29) is 30.0 Å². The smallest absolute Gasteiger partial charge is 0.343 e. The second-order valence-electron chi connectivity index (χ2n) is 11.2. The fraction of sp³-hybridized carbons (Fsp3) is 0.615. The van der Waals surface area contributed by atoms with Crippen LogP contribution in [0.2, 0.25) is 18.1 Å². The Morgan fingerprint density at radius 2 is 1.71 bits per heavy atom. The molecule has 34 heavy (non-hydrogen) atoms. The fourth-order valence-corrected chi connectivity index (χ4v) is 3.94. The zero-order chi connectivity index (χ0) is 25.7. The largest absolute Gasteiger partial charge is 0.465 e. The van der Waals surface area contributed by atoms with Gasteiger partial charge in [0.2, 0.25) is 0 Å². The maximum atomic E-state index is 12.6. The average molecular weight is 493 g/mol. The average Bonchev–Trinajstić information content (AvgIpc) is 3.13. The molecule has 3 atom stereocenters. The first-order valence-electron chi connectivity index (χ1n) is 11.8. The van der Waals surface area contributed by atoms with E-state index in [0.29, 0.717) is 12.0 Å². The highest BCUT2D eigenvalue weighted by Crippen LogP contribution is 2.37. The molecule has 1 N–H and O–H groups in total. The zero-order valence-corrected chi connectivity index (χ0v) is 22.7. The van der Waals surface area contributed by atoms with Crippen LogP contribution in [-0.2, 0) is 23.4 Å². The van der Waals surface area contributed by atoms with E-state index < -0.39 is 38.0 Å². The van der Waals surface area contributed by atoms with Gasteiger partial charge in [0.05, 0.1) is 30.3 Å². The SMILES string of the molecule is CC(C)(C)C(=O)OCC[C@H]1C=C(OC(=O)c2ccccc2)[C@H]([C@H](O)CO[Si](C)(C)C(C)(C)C)O1. The third-order valence-electron chi connectivity index (χ3n) is 6.19. The number of carbonyl (C=O) groups is 2. The number of benzene rings is 1. The first-order chi connectivity index (χ1) is 15.6. The summed E-state index contributed by atoms with van der Waals surface area (Å²) in [6.45, 7) is 16.2. The predicted octanol–water partition coefficient (Wildman–Crippen LogP) is 4.86. The van der Waals surface area contributed by atoms with Gasteiger partial charge < -0.3 is 23.7 Å². The fourth-order valence-electron chi connectivity index (χ4n) is 2.92. The van der Waals surface area contributed by atoms with E-state index in [1.807, 2.05) is 6.07 Å². The minimum absolute atomic E-state index is 0.0127. The lowest BCUT2D eigenvalue weighted by Gasteiger charge is -2.37. The summed E-state index contributed by atoms with van der Waals surface area (Å²) in [4.78, 5) is 24.7. The maximum absolute atomic E-state index is 12.6. The highest BCUT2D eigenvalue weighted by atomic mass is 28.4. The molecule has 0 spiro atoms. The van der Waals surface area contributed by atoms with Crippen molar-refractivity contribution >= 4 is 20.3 Å². The number of esters is 2. The van der Waals surface area contributed by atoms with Crippen LogP contribution in [0.5, 0.6) is 0 Å². The number of carbonyl (C=O) groups excluding carboxylic acids is 2. The van der Waals surface area contributed by atoms with Gasteiger partial charge >= 0.3 is 11.9 Å². The van der Waals surface area contributed by atoms with Gasteiger partial charge in [-0.3, -0.25) is 4.79 Å². The van der Waals surface area contributed by atoms with E-state index in [2.05, 4.69) is 33.9 Å². The van der Waals surface area contributed by atoms with Gasteiger partial charge in [0.15, 0.2) is 8.32 Å². The van der Waals surface area contributed by atoms with E-state index in [0.717, 1.165) is 0 Å². The van der Waals surface area contributed by atoms with Crippen LogP contribution in [0, 0.1) is 5.41 Å². The summed E-state index contributed by atoms with van der Waals surface area (Å²) in [6.07, 6.45) is -0.308. The van der Waals surface area contributed by atoms with Crippen molar-refractivity contribution in [3.05, 3.63) is 47.7 Å². The third-order valence-corrected chi connectivity index (χ3v) is 10.7. The van der Waals surface area contributed by atoms with Crippen molar-refractivity contribution in [3.8, 4) is 0 Å². The lowest BCUT2D eigenvalue weighted by molar-refractivity contribution is -0.153. The highest BCUT2D eigenvalue weighted by molar-refractivity contribution is 6.74. The molecule has 1 aliphatic rings. The lowest BCUT2D eigenvalue weighted by Crippen LogP contribution is -2.45. The summed E-state index contributed by atoms with van der Waals surface area (Å²) in [5.41, 5.74) is -0.195. The quantitative estimate of drug-likeness (QED) is 0.389. The van der Waals surface area contributed by atoms with Crippen molar-refractivity contribution in [1.82, 2.24) is 0 Å². The van der Waals surface area contributed by atoms with Crippen molar-refractivity contribution in [2.24, 2.45) is 5.41 Å². The number of hydrogen-bond donors (Lipinski definition) is 1. The number of aliphatic hydroxyl groups is 1. The molecule has 0 bridgehead atoms. The Balaban J connectivity index is 2.09. The number of aliphatic hydroxyl groups excluding tert-OH is 1. The van der Waals surface area contributed by atoms with Crippen molar-refractivity contribution < 1.29 is 33.3 Å². The number of hydrogen-bond acceptors (Lipinski definition) is 7. The van der Waals surface area contributed by atoms with E-state index >= 15 is 0 Å². The predicted molar refractivity (Wildman–Crippen MR) is 133 cm³/mol. The number of ether oxygens (including phenoxy) is 3. The minimum Gasteiger partial charge on any atom is -0.465 e. The van der Waals surface area contributed by atoms with Crippen LogP contribution in [0.3, 0.4) is 0 Å². The van der Waals surface area contributed by atoms with Crippen LogP contribution in [0.1, 0.15) is 58.3 Å². The summed E-state index contributed by atoms with van der Waals surface area (Å²) < 4.78 is 23.1. The van der Waals surface area contributed by atoms with Crippen LogP contribution in [-0.4, -0.2) is 56.9 Å². The summed E-state index contributed by atoms with van der Waals surface area (Å²) >= 11 is 0. The summed E-state index contributed by atoms with van der Waals surface area (Å²) in [5.74, 6) is -0.588. The Hall–Kier alpha value is -2.00. The zero-order valence-electron chi connectivity index (χ0n) is 21.7. The molecule has 0 amide bonds. The molecule has 7 nitrogen and oxygen atoms in total. The lowest BCUT2D eigenvalue weighted by atomic mass is 9.97. The molecule has 0 unspecified atom stereocenters. The molecule has 190 valence electrons. The highest BCUT2D eigenvalue weighted by Gasteiger charge is 2.40. The Morgan fingerprint density at radius 1 is 1.09 bits per heavy atom. The van der Waals surface area contributed by atoms with Crippen LogP contribution >= 0.6 is 0 Å². The first kappa shape index (κ1) is 28.2. The van der Waals surface area contributed by atoms with Gasteiger partial charge in [-0.2, -0.15) is 0 Å². The summed E-state index contributed by atoms with van der Waals surface area (Å²) in [5, 5.41) is 10.9. The molecule has 0 saturated carbocycles.